The molecule has 0 aromatic heterocycles. The first-order valence-corrected chi connectivity index (χ1v) is 28.6. The highest BCUT2D eigenvalue weighted by molar-refractivity contribution is 7.96. The third kappa shape index (κ3) is 2.06. The third-order valence-electron chi connectivity index (χ3n) is 6.68. The largest absolute Gasteiger partial charge is 0.456 e. The smallest absolute Gasteiger partial charge is 0.244 e. The Bertz CT molecular complexity index is 355. The van der Waals surface area contributed by atoms with Crippen molar-refractivity contribution >= 4 is 44.8 Å². The lowest BCUT2D eigenvalue weighted by Gasteiger charge is -2.50. The van der Waals surface area contributed by atoms with Crippen molar-refractivity contribution in [1.29, 1.82) is 0 Å². The molecule has 0 spiro atoms. The molecular weight excluding hydrogens is 343 g/mol. The predicted molar refractivity (Wildman–Crippen MR) is 96.5 cm³/mol. The summed E-state index contributed by atoms with van der Waals surface area (Å²) in [7, 11) is -15.1. The second-order valence-corrected chi connectivity index (χ2v) is 65.2. The summed E-state index contributed by atoms with van der Waals surface area (Å²) in [5, 5.41) is 0. The summed E-state index contributed by atoms with van der Waals surface area (Å²) in [5.41, 5.74) is 0. The lowest BCUT2D eigenvalue weighted by Crippen LogP contribution is -2.83. The van der Waals surface area contributed by atoms with E-state index in [1.165, 1.54) is 0 Å². The first kappa shape index (κ1) is 18.2. The zero-order valence-electron chi connectivity index (χ0n) is 14.2. The Hall–Kier alpha value is 1.12. The number of hydrogen-bond donors (Lipinski definition) is 0. The summed E-state index contributed by atoms with van der Waals surface area (Å²) in [4.78, 5) is 0. The lowest BCUT2D eigenvalue weighted by atomic mass is 11.9. The molecule has 0 amide bonds. The minimum absolute atomic E-state index is 1.88. The van der Waals surface area contributed by atoms with Gasteiger partial charge < -0.3 is 12.3 Å². The van der Waals surface area contributed by atoms with Gasteiger partial charge in [-0.15, -0.1) is 0 Å². The quantitative estimate of drug-likeness (QED) is 0.454. The van der Waals surface area contributed by atoms with E-state index in [1.54, 1.807) is 0 Å². The van der Waals surface area contributed by atoms with Crippen molar-refractivity contribution in [3.05, 3.63) is 0 Å². The van der Waals surface area contributed by atoms with Crippen LogP contribution in [0, 0.1) is 0 Å². The Morgan fingerprint density at radius 2 is 0.737 bits per heavy atom. The Balaban J connectivity index is 3.70. The summed E-state index contributed by atoms with van der Waals surface area (Å²) < 4.78 is 38.2. The van der Waals surface area contributed by atoms with Gasteiger partial charge in [0, 0.05) is 0 Å². The van der Waals surface area contributed by atoms with Crippen molar-refractivity contribution in [3.63, 3.8) is 0 Å². The van der Waals surface area contributed by atoms with Crippen molar-refractivity contribution in [2.45, 2.75) is 65.5 Å². The molecule has 0 saturated carbocycles. The first-order chi connectivity index (χ1) is 7.96. The molecule has 1 saturated heterocycles. The Morgan fingerprint density at radius 1 is 0.526 bits per heavy atom. The average Bonchev–Trinajstić information content (AvgIpc) is 2.14. The van der Waals surface area contributed by atoms with E-state index in [-0.39, 0.29) is 0 Å². The molecule has 0 aromatic rings. The van der Waals surface area contributed by atoms with Crippen LogP contribution in [0.15, 0.2) is 0 Å². The normalized spacial score (nSPS) is 43.6. The molecule has 1 heterocycles. The van der Waals surface area contributed by atoms with Gasteiger partial charge in [-0.3, -0.25) is 0 Å². The van der Waals surface area contributed by atoms with Crippen LogP contribution in [-0.4, -0.2) is 44.8 Å². The molecule has 1 aliphatic heterocycles. The van der Waals surface area contributed by atoms with E-state index in [0.717, 1.165) is 0 Å². The SMILES string of the molecule is C[Si]1(C)O[Si](C)(C)[Si](C)(F)[Si](C)(C)[Si](C)(C)[Si]1(C)F. The Labute approximate surface area is 122 Å². The first-order valence-electron chi connectivity index (χ1n) is 7.04. The Morgan fingerprint density at radius 3 is 0.947 bits per heavy atom. The molecule has 1 fully saturated rings. The lowest BCUT2D eigenvalue weighted by molar-refractivity contribution is 0.569. The van der Waals surface area contributed by atoms with E-state index in [4.69, 9.17) is 4.12 Å². The van der Waals surface area contributed by atoms with Crippen LogP contribution in [0.1, 0.15) is 0 Å². The summed E-state index contributed by atoms with van der Waals surface area (Å²) in [6.07, 6.45) is 0. The minimum Gasteiger partial charge on any atom is -0.456 e. The standard InChI is InChI=1S/C10H30F2OSi6/c1-14(2)13-15(3,4)19(10,12)17(7,8)16(5,6)18(14,9)11/h1-10H3. The third-order valence-corrected chi connectivity index (χ3v) is 111. The predicted octanol–water partition coefficient (Wildman–Crippen LogP) is 4.33. The van der Waals surface area contributed by atoms with Crippen LogP contribution in [-0.2, 0) is 4.12 Å². The molecule has 114 valence electrons. The maximum atomic E-state index is 15.9. The van der Waals surface area contributed by atoms with Gasteiger partial charge in [-0.2, -0.15) is 0 Å². The highest BCUT2D eigenvalue weighted by Gasteiger charge is 2.77. The molecule has 0 N–H and O–H groups in total. The topological polar surface area (TPSA) is 9.23 Å². The maximum absolute atomic E-state index is 15.9. The molecule has 1 nitrogen and oxygen atoms in total. The minimum atomic E-state index is -2.96. The van der Waals surface area contributed by atoms with Crippen molar-refractivity contribution < 1.29 is 12.3 Å². The summed E-state index contributed by atoms with van der Waals surface area (Å²) in [6, 6.07) is 0. The van der Waals surface area contributed by atoms with Crippen LogP contribution in [0.5, 0.6) is 0 Å². The van der Waals surface area contributed by atoms with E-state index in [9.17, 15) is 0 Å². The van der Waals surface area contributed by atoms with Crippen molar-refractivity contribution in [2.24, 2.45) is 0 Å². The van der Waals surface area contributed by atoms with Gasteiger partial charge in [0.2, 0.25) is 14.9 Å². The molecule has 0 aromatic carbocycles. The van der Waals surface area contributed by atoms with Crippen molar-refractivity contribution in [3.8, 4) is 0 Å². The molecular formula is C10H30F2OSi6. The van der Waals surface area contributed by atoms with Gasteiger partial charge in [-0.25, -0.2) is 0 Å². The highest BCUT2D eigenvalue weighted by atomic mass is 30.0. The van der Waals surface area contributed by atoms with E-state index < -0.39 is 44.8 Å². The van der Waals surface area contributed by atoms with Gasteiger partial charge in [0.15, 0.2) is 15.7 Å². The van der Waals surface area contributed by atoms with Gasteiger partial charge in [0.1, 0.15) is 0 Å². The van der Waals surface area contributed by atoms with Gasteiger partial charge in [-0.1, -0.05) is 26.2 Å². The summed E-state index contributed by atoms with van der Waals surface area (Å²) >= 11 is 0. The van der Waals surface area contributed by atoms with Gasteiger partial charge >= 0.3 is 0 Å². The van der Waals surface area contributed by atoms with Crippen LogP contribution >= 0.6 is 0 Å². The van der Waals surface area contributed by atoms with Gasteiger partial charge in [0.25, 0.3) is 0 Å². The molecule has 0 bridgehead atoms. The monoisotopic (exact) mass is 372 g/mol. The molecule has 2 atom stereocenters. The molecule has 1 aliphatic rings. The highest BCUT2D eigenvalue weighted by Crippen LogP contribution is 2.48. The van der Waals surface area contributed by atoms with E-state index in [2.05, 4.69) is 26.2 Å². The average molecular weight is 373 g/mol. The molecule has 2 unspecified atom stereocenters. The van der Waals surface area contributed by atoms with Crippen LogP contribution in [0.3, 0.4) is 0 Å². The number of halogens is 2. The fourth-order valence-corrected chi connectivity index (χ4v) is 144. The van der Waals surface area contributed by atoms with Crippen molar-refractivity contribution in [2.75, 3.05) is 0 Å². The zero-order valence-corrected chi connectivity index (χ0v) is 20.2. The fourth-order valence-electron chi connectivity index (χ4n) is 3.51. The summed E-state index contributed by atoms with van der Waals surface area (Å²) in [5.74, 6) is 0. The number of rotatable bonds is 0. The second kappa shape index (κ2) is 4.32. The number of hydrogen-bond acceptors (Lipinski definition) is 1. The molecule has 9 heteroatoms. The van der Waals surface area contributed by atoms with E-state index >= 15 is 8.22 Å². The fraction of sp³-hybridized carbons (Fsp3) is 1.00. The molecule has 1 rings (SSSR count). The van der Waals surface area contributed by atoms with Crippen LogP contribution in [0.4, 0.5) is 8.22 Å². The van der Waals surface area contributed by atoms with E-state index in [0.29, 0.717) is 0 Å². The zero-order chi connectivity index (χ0) is 15.7. The van der Waals surface area contributed by atoms with Crippen LogP contribution < -0.4 is 0 Å². The maximum Gasteiger partial charge on any atom is 0.244 e. The Kier molecular flexibility index (Phi) is 4.13. The molecule has 19 heavy (non-hydrogen) atoms. The van der Waals surface area contributed by atoms with E-state index in [1.807, 2.05) is 39.3 Å². The summed E-state index contributed by atoms with van der Waals surface area (Å²) in [6.45, 7) is 20.5. The molecule has 0 radical (unpaired) electrons. The molecule has 0 aliphatic carbocycles. The van der Waals surface area contributed by atoms with Crippen molar-refractivity contribution in [1.82, 2.24) is 0 Å². The van der Waals surface area contributed by atoms with Gasteiger partial charge in [0.05, 0.1) is 14.2 Å². The van der Waals surface area contributed by atoms with Crippen LogP contribution in [0.2, 0.25) is 65.5 Å². The van der Waals surface area contributed by atoms with Gasteiger partial charge in [-0.05, 0) is 39.3 Å². The van der Waals surface area contributed by atoms with Crippen LogP contribution in [0.25, 0.3) is 0 Å². The second-order valence-electron chi connectivity index (χ2n) is 8.38.